The van der Waals surface area contributed by atoms with Gasteiger partial charge in [-0.05, 0) is 75.6 Å². The lowest BCUT2D eigenvalue weighted by atomic mass is 9.97. The number of benzene rings is 1. The Hall–Kier alpha value is -3.75. The van der Waals surface area contributed by atoms with E-state index in [1.54, 1.807) is 6.07 Å². The zero-order chi connectivity index (χ0) is 24.3. The molecule has 1 aromatic heterocycles. The summed E-state index contributed by atoms with van der Waals surface area (Å²) in [5, 5.41) is 2.97. The number of aromatic nitrogens is 2. The summed E-state index contributed by atoms with van der Waals surface area (Å²) >= 11 is 0. The van der Waals surface area contributed by atoms with E-state index in [4.69, 9.17) is 15.2 Å². The summed E-state index contributed by atoms with van der Waals surface area (Å²) in [4.78, 5) is 45.7. The summed E-state index contributed by atoms with van der Waals surface area (Å²) < 4.78 is 10.2. The molecule has 3 rings (SSSR count). The van der Waals surface area contributed by atoms with Crippen LogP contribution in [0.4, 0.5) is 0 Å². The predicted octanol–water partition coefficient (Wildman–Crippen LogP) is 2.87. The molecule has 174 valence electrons. The van der Waals surface area contributed by atoms with Gasteiger partial charge in [0.25, 0.3) is 5.91 Å². The lowest BCUT2D eigenvalue weighted by Crippen LogP contribution is -2.29. The summed E-state index contributed by atoms with van der Waals surface area (Å²) in [6.45, 7) is 7.37. The number of hydrogen-bond donors (Lipinski definition) is 2. The molecule has 0 aliphatic heterocycles. The van der Waals surface area contributed by atoms with Gasteiger partial charge in [-0.25, -0.2) is 19.6 Å². The standard InChI is InChI=1S/C24H28N4O5/c1-13-14-8-9-17(16(14)7-6-15(13)22(30)33-24(2,3)4)28-21(29)18-12-19(23(31)32-5)27-20(26-18)10-11-25/h6-7,10-12,17H,8-9,25H2,1-5H3,(H,28,29)/t17-/m0/s1. The highest BCUT2D eigenvalue weighted by Crippen LogP contribution is 2.35. The van der Waals surface area contributed by atoms with E-state index in [0.29, 0.717) is 18.4 Å². The fourth-order valence-electron chi connectivity index (χ4n) is 3.77. The van der Waals surface area contributed by atoms with Crippen LogP contribution < -0.4 is 11.1 Å². The van der Waals surface area contributed by atoms with Crippen molar-refractivity contribution in [3.63, 3.8) is 0 Å². The van der Waals surface area contributed by atoms with Crippen molar-refractivity contribution < 1.29 is 23.9 Å². The van der Waals surface area contributed by atoms with E-state index in [0.717, 1.165) is 16.7 Å². The fourth-order valence-corrected chi connectivity index (χ4v) is 3.77. The van der Waals surface area contributed by atoms with Gasteiger partial charge in [-0.2, -0.15) is 0 Å². The van der Waals surface area contributed by atoms with Crippen molar-refractivity contribution >= 4 is 23.9 Å². The molecule has 0 fully saturated rings. The Kier molecular flexibility index (Phi) is 6.81. The minimum absolute atomic E-state index is 0.0223. The number of hydrogen-bond acceptors (Lipinski definition) is 8. The maximum Gasteiger partial charge on any atom is 0.356 e. The fraction of sp³-hybridized carbons (Fsp3) is 0.375. The van der Waals surface area contributed by atoms with E-state index < -0.39 is 17.5 Å². The van der Waals surface area contributed by atoms with E-state index in [-0.39, 0.29) is 29.2 Å². The van der Waals surface area contributed by atoms with Crippen LogP contribution in [0.25, 0.3) is 6.08 Å². The molecule has 1 amide bonds. The SMILES string of the molecule is COC(=O)c1cc(C(=O)N[C@H]2CCc3c2ccc(C(=O)OC(C)(C)C)c3C)nc(C=CN)n1. The molecule has 1 heterocycles. The summed E-state index contributed by atoms with van der Waals surface area (Å²) in [5.74, 6) is -1.39. The van der Waals surface area contributed by atoms with E-state index in [1.165, 1.54) is 25.5 Å². The Bertz CT molecular complexity index is 1130. The largest absolute Gasteiger partial charge is 0.464 e. The van der Waals surface area contributed by atoms with Gasteiger partial charge in [0.05, 0.1) is 18.7 Å². The molecule has 0 unspecified atom stereocenters. The topological polar surface area (TPSA) is 134 Å². The van der Waals surface area contributed by atoms with Crippen LogP contribution in [0.2, 0.25) is 0 Å². The number of ether oxygens (including phenoxy) is 2. The third-order valence-electron chi connectivity index (χ3n) is 5.23. The van der Waals surface area contributed by atoms with Crippen LogP contribution in [-0.2, 0) is 15.9 Å². The van der Waals surface area contributed by atoms with Gasteiger partial charge < -0.3 is 20.5 Å². The zero-order valence-electron chi connectivity index (χ0n) is 19.4. The molecule has 1 aliphatic carbocycles. The minimum atomic E-state index is -0.686. The van der Waals surface area contributed by atoms with Gasteiger partial charge in [0.2, 0.25) is 0 Å². The van der Waals surface area contributed by atoms with Crippen LogP contribution in [0, 0.1) is 6.92 Å². The average molecular weight is 453 g/mol. The van der Waals surface area contributed by atoms with Crippen LogP contribution in [0.15, 0.2) is 24.4 Å². The second kappa shape index (κ2) is 9.40. The Labute approximate surface area is 192 Å². The lowest BCUT2D eigenvalue weighted by molar-refractivity contribution is 0.00682. The molecule has 1 aromatic carbocycles. The van der Waals surface area contributed by atoms with Crippen molar-refractivity contribution in [1.82, 2.24) is 15.3 Å². The average Bonchev–Trinajstić information content (AvgIpc) is 3.15. The Morgan fingerprint density at radius 1 is 1.15 bits per heavy atom. The van der Waals surface area contributed by atoms with Crippen molar-refractivity contribution in [1.29, 1.82) is 0 Å². The van der Waals surface area contributed by atoms with E-state index in [1.807, 2.05) is 33.8 Å². The number of nitrogens with two attached hydrogens (primary N) is 1. The lowest BCUT2D eigenvalue weighted by Gasteiger charge is -2.21. The molecule has 1 aliphatic rings. The van der Waals surface area contributed by atoms with Gasteiger partial charge in [-0.3, -0.25) is 4.79 Å². The monoisotopic (exact) mass is 452 g/mol. The first kappa shape index (κ1) is 23.9. The molecule has 1 atom stereocenters. The smallest absolute Gasteiger partial charge is 0.356 e. The number of methoxy groups -OCH3 is 1. The van der Waals surface area contributed by atoms with E-state index in [9.17, 15) is 14.4 Å². The van der Waals surface area contributed by atoms with Gasteiger partial charge >= 0.3 is 11.9 Å². The maximum atomic E-state index is 13.0. The van der Waals surface area contributed by atoms with Crippen LogP contribution in [-0.4, -0.2) is 40.5 Å². The predicted molar refractivity (Wildman–Crippen MR) is 121 cm³/mol. The van der Waals surface area contributed by atoms with Crippen molar-refractivity contribution in [3.05, 3.63) is 63.9 Å². The summed E-state index contributed by atoms with van der Waals surface area (Å²) in [6.07, 6.45) is 3.98. The number of rotatable bonds is 5. The molecule has 0 spiro atoms. The summed E-state index contributed by atoms with van der Waals surface area (Å²) in [5.41, 5.74) is 8.13. The second-order valence-corrected chi connectivity index (χ2v) is 8.72. The molecule has 2 aromatic rings. The highest BCUT2D eigenvalue weighted by Gasteiger charge is 2.29. The normalized spacial score (nSPS) is 15.2. The molecule has 0 saturated heterocycles. The van der Waals surface area contributed by atoms with E-state index in [2.05, 4.69) is 15.3 Å². The molecule has 0 radical (unpaired) electrons. The molecule has 9 heteroatoms. The summed E-state index contributed by atoms with van der Waals surface area (Å²) in [7, 11) is 1.23. The highest BCUT2D eigenvalue weighted by molar-refractivity contribution is 5.96. The van der Waals surface area contributed by atoms with Crippen LogP contribution in [0.1, 0.15) is 87.1 Å². The molecular weight excluding hydrogens is 424 g/mol. The van der Waals surface area contributed by atoms with E-state index >= 15 is 0 Å². The first-order chi connectivity index (χ1) is 15.5. The first-order valence-corrected chi connectivity index (χ1v) is 10.6. The number of nitrogens with zero attached hydrogens (tertiary/aromatic N) is 2. The van der Waals surface area contributed by atoms with Gasteiger partial charge in [0, 0.05) is 6.07 Å². The first-order valence-electron chi connectivity index (χ1n) is 10.6. The van der Waals surface area contributed by atoms with Gasteiger partial charge in [-0.15, -0.1) is 0 Å². The molecule has 0 bridgehead atoms. The number of carbonyl (C=O) groups is 3. The molecule has 0 saturated carbocycles. The number of carbonyl (C=O) groups excluding carboxylic acids is 3. The molecule has 3 N–H and O–H groups in total. The Balaban J connectivity index is 1.85. The number of esters is 2. The van der Waals surface area contributed by atoms with Gasteiger partial charge in [0.1, 0.15) is 11.3 Å². The summed E-state index contributed by atoms with van der Waals surface area (Å²) in [6, 6.07) is 4.60. The quantitative estimate of drug-likeness (QED) is 0.662. The van der Waals surface area contributed by atoms with Crippen molar-refractivity contribution in [2.45, 2.75) is 52.2 Å². The number of nitrogens with one attached hydrogen (secondary N) is 1. The molecular formula is C24H28N4O5. The van der Waals surface area contributed by atoms with Gasteiger partial charge in [0.15, 0.2) is 11.5 Å². The van der Waals surface area contributed by atoms with Crippen molar-refractivity contribution in [2.75, 3.05) is 7.11 Å². The van der Waals surface area contributed by atoms with Crippen molar-refractivity contribution in [3.8, 4) is 0 Å². The third kappa shape index (κ3) is 5.36. The minimum Gasteiger partial charge on any atom is -0.464 e. The van der Waals surface area contributed by atoms with Crippen molar-refractivity contribution in [2.24, 2.45) is 5.73 Å². The molecule has 33 heavy (non-hydrogen) atoms. The zero-order valence-corrected chi connectivity index (χ0v) is 19.4. The van der Waals surface area contributed by atoms with Crippen LogP contribution >= 0.6 is 0 Å². The second-order valence-electron chi connectivity index (χ2n) is 8.72. The number of fused-ring (bicyclic) bond motifs is 1. The van der Waals surface area contributed by atoms with Crippen LogP contribution in [0.5, 0.6) is 0 Å². The highest BCUT2D eigenvalue weighted by atomic mass is 16.6. The maximum absolute atomic E-state index is 13.0. The van der Waals surface area contributed by atoms with Crippen LogP contribution in [0.3, 0.4) is 0 Å². The van der Waals surface area contributed by atoms with Gasteiger partial charge in [-0.1, -0.05) is 6.07 Å². The Morgan fingerprint density at radius 3 is 2.48 bits per heavy atom. The number of amides is 1. The molecule has 9 nitrogen and oxygen atoms in total. The Morgan fingerprint density at radius 2 is 1.85 bits per heavy atom. The third-order valence-corrected chi connectivity index (χ3v) is 5.23.